The fraction of sp³-hybridized carbons (Fsp3) is 0.600. The van der Waals surface area contributed by atoms with Gasteiger partial charge in [0.25, 0.3) is 0 Å². The molecule has 2 unspecified atom stereocenters. The van der Waals surface area contributed by atoms with Crippen LogP contribution in [0.3, 0.4) is 0 Å². The average Bonchev–Trinajstić information content (AvgIpc) is 2.33. The molecule has 0 radical (unpaired) electrons. The number of benzene rings is 1. The molecule has 1 N–H and O–H groups in total. The summed E-state index contributed by atoms with van der Waals surface area (Å²) < 4.78 is 5.66. The highest BCUT2D eigenvalue weighted by Gasteiger charge is 2.18. The van der Waals surface area contributed by atoms with E-state index in [0.29, 0.717) is 0 Å². The summed E-state index contributed by atoms with van der Waals surface area (Å²) in [5.74, 6) is 0. The van der Waals surface area contributed by atoms with Crippen LogP contribution in [-0.2, 0) is 11.2 Å². The first kappa shape index (κ1) is 12.6. The first-order chi connectivity index (χ1) is 8.25. The Hall–Kier alpha value is -0.860. The second-order valence-corrected chi connectivity index (χ2v) is 5.01. The number of hydrogen-bond donors (Lipinski definition) is 1. The Morgan fingerprint density at radius 2 is 2.18 bits per heavy atom. The molecule has 17 heavy (non-hydrogen) atoms. The van der Waals surface area contributed by atoms with Crippen molar-refractivity contribution in [1.29, 1.82) is 0 Å². The largest absolute Gasteiger partial charge is 0.393 e. The van der Waals surface area contributed by atoms with Gasteiger partial charge < -0.3 is 9.84 Å². The van der Waals surface area contributed by atoms with Crippen LogP contribution in [0.25, 0.3) is 0 Å². The van der Waals surface area contributed by atoms with E-state index in [1.165, 1.54) is 24.0 Å². The van der Waals surface area contributed by atoms with Gasteiger partial charge in [0.1, 0.15) is 0 Å². The van der Waals surface area contributed by atoms with Crippen LogP contribution < -0.4 is 0 Å². The van der Waals surface area contributed by atoms with Gasteiger partial charge in [0, 0.05) is 6.61 Å². The number of rotatable bonds is 4. The summed E-state index contributed by atoms with van der Waals surface area (Å²) >= 11 is 0. The summed E-state index contributed by atoms with van der Waals surface area (Å²) in [7, 11) is 0. The van der Waals surface area contributed by atoms with E-state index >= 15 is 0 Å². The molecule has 94 valence electrons. The van der Waals surface area contributed by atoms with Crippen molar-refractivity contribution in [1.82, 2.24) is 0 Å². The van der Waals surface area contributed by atoms with Gasteiger partial charge in [-0.25, -0.2) is 0 Å². The molecule has 0 saturated carbocycles. The lowest BCUT2D eigenvalue weighted by Gasteiger charge is -2.25. The molecule has 1 saturated heterocycles. The summed E-state index contributed by atoms with van der Waals surface area (Å²) in [6, 6.07) is 8.26. The lowest BCUT2D eigenvalue weighted by Crippen LogP contribution is -2.25. The Kier molecular flexibility index (Phi) is 4.57. The standard InChI is InChI=1S/C15H22O2/c1-12-6-2-3-7-13(12)10-14(16)11-15-8-4-5-9-17-15/h2-3,6-7,14-16H,4-5,8-11H2,1H3. The number of hydrogen-bond acceptors (Lipinski definition) is 2. The van der Waals surface area contributed by atoms with Gasteiger partial charge in [0.05, 0.1) is 12.2 Å². The predicted molar refractivity (Wildman–Crippen MR) is 69.1 cm³/mol. The first-order valence-electron chi connectivity index (χ1n) is 6.60. The predicted octanol–water partition coefficient (Wildman–Crippen LogP) is 2.86. The van der Waals surface area contributed by atoms with E-state index < -0.39 is 0 Å². The number of ether oxygens (including phenoxy) is 1. The molecule has 1 aromatic rings. The van der Waals surface area contributed by atoms with Gasteiger partial charge in [-0.1, -0.05) is 24.3 Å². The molecule has 0 amide bonds. The fourth-order valence-corrected chi connectivity index (χ4v) is 2.47. The third-order valence-electron chi connectivity index (χ3n) is 3.53. The Bertz CT molecular complexity index is 343. The third kappa shape index (κ3) is 3.83. The van der Waals surface area contributed by atoms with Crippen molar-refractivity contribution < 1.29 is 9.84 Å². The molecule has 0 aromatic heterocycles. The Morgan fingerprint density at radius 1 is 1.35 bits per heavy atom. The lowest BCUT2D eigenvalue weighted by molar-refractivity contribution is -0.0148. The monoisotopic (exact) mass is 234 g/mol. The van der Waals surface area contributed by atoms with Gasteiger partial charge in [-0.05, 0) is 50.2 Å². The van der Waals surface area contributed by atoms with Crippen LogP contribution in [0.15, 0.2) is 24.3 Å². The summed E-state index contributed by atoms with van der Waals surface area (Å²) in [4.78, 5) is 0. The third-order valence-corrected chi connectivity index (χ3v) is 3.53. The molecular weight excluding hydrogens is 212 g/mol. The summed E-state index contributed by atoms with van der Waals surface area (Å²) in [5.41, 5.74) is 2.51. The van der Waals surface area contributed by atoms with Gasteiger partial charge in [0.2, 0.25) is 0 Å². The number of aliphatic hydroxyl groups is 1. The molecule has 1 aromatic carbocycles. The summed E-state index contributed by atoms with van der Waals surface area (Å²) in [5, 5.41) is 10.1. The Morgan fingerprint density at radius 3 is 2.88 bits per heavy atom. The van der Waals surface area contributed by atoms with Crippen molar-refractivity contribution in [2.75, 3.05) is 6.61 Å². The number of aliphatic hydroxyl groups excluding tert-OH is 1. The molecule has 1 fully saturated rings. The van der Waals surface area contributed by atoms with Crippen LogP contribution in [0, 0.1) is 6.92 Å². The molecule has 2 nitrogen and oxygen atoms in total. The van der Waals surface area contributed by atoms with Gasteiger partial charge in [0.15, 0.2) is 0 Å². The fourth-order valence-electron chi connectivity index (χ4n) is 2.47. The SMILES string of the molecule is Cc1ccccc1CC(O)CC1CCCCO1. The van der Waals surface area contributed by atoms with E-state index in [4.69, 9.17) is 4.74 Å². The maximum absolute atomic E-state index is 10.1. The Labute approximate surface area is 104 Å². The van der Waals surface area contributed by atoms with Crippen LogP contribution in [0.2, 0.25) is 0 Å². The van der Waals surface area contributed by atoms with Crippen molar-refractivity contribution in [2.45, 2.75) is 51.2 Å². The zero-order valence-electron chi connectivity index (χ0n) is 10.6. The summed E-state index contributed by atoms with van der Waals surface area (Å²) in [6.07, 6.45) is 5.01. The zero-order chi connectivity index (χ0) is 12.1. The van der Waals surface area contributed by atoms with Crippen molar-refractivity contribution in [3.8, 4) is 0 Å². The van der Waals surface area contributed by atoms with Crippen LogP contribution in [0.5, 0.6) is 0 Å². The molecule has 2 atom stereocenters. The van der Waals surface area contributed by atoms with Crippen molar-refractivity contribution in [3.63, 3.8) is 0 Å². The van der Waals surface area contributed by atoms with E-state index in [1.807, 2.05) is 12.1 Å². The maximum Gasteiger partial charge on any atom is 0.0605 e. The molecule has 2 heteroatoms. The first-order valence-corrected chi connectivity index (χ1v) is 6.60. The molecule has 0 bridgehead atoms. The van der Waals surface area contributed by atoms with Crippen LogP contribution in [-0.4, -0.2) is 23.9 Å². The van der Waals surface area contributed by atoms with E-state index in [2.05, 4.69) is 19.1 Å². The Balaban J connectivity index is 1.84. The maximum atomic E-state index is 10.1. The smallest absolute Gasteiger partial charge is 0.0605 e. The van der Waals surface area contributed by atoms with Gasteiger partial charge in [-0.15, -0.1) is 0 Å². The average molecular weight is 234 g/mol. The highest BCUT2D eigenvalue weighted by Crippen LogP contribution is 2.19. The molecule has 1 aliphatic rings. The normalized spacial score (nSPS) is 22.4. The lowest BCUT2D eigenvalue weighted by atomic mass is 9.97. The van der Waals surface area contributed by atoms with Gasteiger partial charge in [-0.3, -0.25) is 0 Å². The number of aryl methyl sites for hydroxylation is 1. The summed E-state index contributed by atoms with van der Waals surface area (Å²) in [6.45, 7) is 2.96. The molecule has 2 rings (SSSR count). The second-order valence-electron chi connectivity index (χ2n) is 5.01. The van der Waals surface area contributed by atoms with E-state index in [0.717, 1.165) is 25.9 Å². The highest BCUT2D eigenvalue weighted by molar-refractivity contribution is 5.26. The van der Waals surface area contributed by atoms with Crippen LogP contribution in [0.1, 0.15) is 36.8 Å². The molecule has 1 aliphatic heterocycles. The van der Waals surface area contributed by atoms with Crippen molar-refractivity contribution in [2.24, 2.45) is 0 Å². The molecular formula is C15H22O2. The van der Waals surface area contributed by atoms with Crippen molar-refractivity contribution >= 4 is 0 Å². The van der Waals surface area contributed by atoms with E-state index in [1.54, 1.807) is 0 Å². The van der Waals surface area contributed by atoms with E-state index in [9.17, 15) is 5.11 Å². The minimum atomic E-state index is -0.279. The van der Waals surface area contributed by atoms with Gasteiger partial charge in [-0.2, -0.15) is 0 Å². The minimum Gasteiger partial charge on any atom is -0.393 e. The highest BCUT2D eigenvalue weighted by atomic mass is 16.5. The second kappa shape index (κ2) is 6.18. The molecule has 0 aliphatic carbocycles. The topological polar surface area (TPSA) is 29.5 Å². The molecule has 1 heterocycles. The van der Waals surface area contributed by atoms with Crippen LogP contribution >= 0.6 is 0 Å². The minimum absolute atomic E-state index is 0.266. The quantitative estimate of drug-likeness (QED) is 0.868. The van der Waals surface area contributed by atoms with Crippen LogP contribution in [0.4, 0.5) is 0 Å². The van der Waals surface area contributed by atoms with E-state index in [-0.39, 0.29) is 12.2 Å². The molecule has 0 spiro atoms. The van der Waals surface area contributed by atoms with Crippen molar-refractivity contribution in [3.05, 3.63) is 35.4 Å². The zero-order valence-corrected chi connectivity index (χ0v) is 10.6. The van der Waals surface area contributed by atoms with Gasteiger partial charge >= 0.3 is 0 Å².